The minimum absolute atomic E-state index is 0.102. The second-order valence-corrected chi connectivity index (χ2v) is 6.31. The monoisotopic (exact) mass is 343 g/mol. The van der Waals surface area contributed by atoms with Crippen molar-refractivity contribution >= 4 is 43.2 Å². The number of rotatable bonds is 2. The number of thiophene rings is 1. The molecule has 0 spiro atoms. The highest BCUT2D eigenvalue weighted by atomic mass is 35.5. The molecule has 7 heteroatoms. The van der Waals surface area contributed by atoms with E-state index in [1.807, 2.05) is 18.2 Å². The summed E-state index contributed by atoms with van der Waals surface area (Å²) in [7, 11) is 1.56. The molecule has 0 N–H and O–H groups in total. The first-order chi connectivity index (χ1) is 11.2. The van der Waals surface area contributed by atoms with E-state index in [4.69, 9.17) is 16.3 Å². The van der Waals surface area contributed by atoms with E-state index in [1.165, 1.54) is 17.7 Å². The second kappa shape index (κ2) is 5.33. The quantitative estimate of drug-likeness (QED) is 0.557. The summed E-state index contributed by atoms with van der Waals surface area (Å²) in [6.07, 6.45) is 3.18. The molecule has 114 valence electrons. The molecule has 0 aliphatic carbocycles. The number of halogens is 1. The summed E-state index contributed by atoms with van der Waals surface area (Å²) >= 11 is 7.25. The van der Waals surface area contributed by atoms with E-state index in [0.29, 0.717) is 15.6 Å². The van der Waals surface area contributed by atoms with Gasteiger partial charge in [0.05, 0.1) is 12.5 Å². The SMILES string of the molecule is COc1ncnc2sc3c(=O)n(-c4ccc(Cl)cc4)ccc3c12. The lowest BCUT2D eigenvalue weighted by atomic mass is 10.2. The van der Waals surface area contributed by atoms with Gasteiger partial charge in [-0.15, -0.1) is 11.3 Å². The van der Waals surface area contributed by atoms with Crippen LogP contribution in [0.3, 0.4) is 0 Å². The molecule has 0 atom stereocenters. The Hall–Kier alpha value is -2.44. The number of hydrogen-bond donors (Lipinski definition) is 0. The fourth-order valence-electron chi connectivity index (χ4n) is 2.53. The molecule has 1 aromatic carbocycles. The van der Waals surface area contributed by atoms with Crippen molar-refractivity contribution in [1.29, 1.82) is 0 Å². The molecule has 3 heterocycles. The van der Waals surface area contributed by atoms with Crippen LogP contribution in [0.4, 0.5) is 0 Å². The van der Waals surface area contributed by atoms with Crippen molar-refractivity contribution in [1.82, 2.24) is 14.5 Å². The van der Waals surface area contributed by atoms with E-state index in [2.05, 4.69) is 9.97 Å². The summed E-state index contributed by atoms with van der Waals surface area (Å²) in [5.74, 6) is 0.477. The number of methoxy groups -OCH3 is 1. The molecule has 3 aromatic heterocycles. The Balaban J connectivity index is 2.04. The van der Waals surface area contributed by atoms with Gasteiger partial charge in [-0.25, -0.2) is 9.97 Å². The van der Waals surface area contributed by atoms with Crippen LogP contribution in [0.25, 0.3) is 26.0 Å². The number of benzene rings is 1. The van der Waals surface area contributed by atoms with Gasteiger partial charge in [0.1, 0.15) is 15.9 Å². The molecule has 4 rings (SSSR count). The van der Waals surface area contributed by atoms with Crippen molar-refractivity contribution in [3.05, 3.63) is 58.2 Å². The average Bonchev–Trinajstić information content (AvgIpc) is 2.96. The molecule has 0 saturated carbocycles. The molecule has 0 saturated heterocycles. The van der Waals surface area contributed by atoms with Gasteiger partial charge in [-0.05, 0) is 30.3 Å². The van der Waals surface area contributed by atoms with Crippen molar-refractivity contribution in [2.75, 3.05) is 7.11 Å². The van der Waals surface area contributed by atoms with Crippen molar-refractivity contribution in [3.63, 3.8) is 0 Å². The normalized spacial score (nSPS) is 11.2. The minimum atomic E-state index is -0.102. The summed E-state index contributed by atoms with van der Waals surface area (Å²) in [4.78, 5) is 21.9. The van der Waals surface area contributed by atoms with Crippen LogP contribution in [-0.4, -0.2) is 21.6 Å². The Bertz CT molecular complexity index is 1090. The number of hydrogen-bond acceptors (Lipinski definition) is 5. The molecular formula is C16H10ClN3O2S. The van der Waals surface area contributed by atoms with E-state index in [1.54, 1.807) is 30.0 Å². The van der Waals surface area contributed by atoms with Crippen LogP contribution in [0.15, 0.2) is 47.7 Å². The summed E-state index contributed by atoms with van der Waals surface area (Å²) in [5, 5.41) is 2.21. The maximum absolute atomic E-state index is 12.8. The topological polar surface area (TPSA) is 57.0 Å². The Kier molecular flexibility index (Phi) is 3.28. The van der Waals surface area contributed by atoms with Crippen LogP contribution in [0.5, 0.6) is 5.88 Å². The lowest BCUT2D eigenvalue weighted by molar-refractivity contribution is 0.403. The van der Waals surface area contributed by atoms with Crippen LogP contribution >= 0.6 is 22.9 Å². The average molecular weight is 344 g/mol. The minimum Gasteiger partial charge on any atom is -0.480 e. The molecule has 0 aliphatic rings. The van der Waals surface area contributed by atoms with Gasteiger partial charge in [0.15, 0.2) is 0 Å². The predicted molar refractivity (Wildman–Crippen MR) is 92.1 cm³/mol. The maximum Gasteiger partial charge on any atom is 0.273 e. The van der Waals surface area contributed by atoms with Crippen LogP contribution < -0.4 is 10.3 Å². The Morgan fingerprint density at radius 3 is 2.70 bits per heavy atom. The highest BCUT2D eigenvalue weighted by Gasteiger charge is 2.15. The number of fused-ring (bicyclic) bond motifs is 3. The van der Waals surface area contributed by atoms with E-state index < -0.39 is 0 Å². The second-order valence-electron chi connectivity index (χ2n) is 4.88. The molecule has 23 heavy (non-hydrogen) atoms. The van der Waals surface area contributed by atoms with Crippen molar-refractivity contribution in [3.8, 4) is 11.6 Å². The molecule has 0 radical (unpaired) electrons. The van der Waals surface area contributed by atoms with Crippen molar-refractivity contribution in [2.45, 2.75) is 0 Å². The Morgan fingerprint density at radius 1 is 1.17 bits per heavy atom. The summed E-state index contributed by atoms with van der Waals surface area (Å²) < 4.78 is 7.51. The zero-order valence-corrected chi connectivity index (χ0v) is 13.6. The molecule has 4 aromatic rings. The van der Waals surface area contributed by atoms with Gasteiger partial charge in [-0.3, -0.25) is 9.36 Å². The third kappa shape index (κ3) is 2.18. The van der Waals surface area contributed by atoms with Crippen molar-refractivity contribution in [2.24, 2.45) is 0 Å². The third-order valence-electron chi connectivity index (χ3n) is 3.59. The van der Waals surface area contributed by atoms with Gasteiger partial charge in [-0.1, -0.05) is 11.6 Å². The molecular weight excluding hydrogens is 334 g/mol. The van der Waals surface area contributed by atoms with Gasteiger partial charge in [0.25, 0.3) is 5.56 Å². The zero-order chi connectivity index (χ0) is 16.0. The molecule has 0 amide bonds. The fourth-order valence-corrected chi connectivity index (χ4v) is 3.72. The number of pyridine rings is 1. The summed E-state index contributed by atoms with van der Waals surface area (Å²) in [6.45, 7) is 0. The number of ether oxygens (including phenoxy) is 1. The van der Waals surface area contributed by atoms with Gasteiger partial charge < -0.3 is 4.74 Å². The maximum atomic E-state index is 12.8. The van der Waals surface area contributed by atoms with Gasteiger partial charge in [0.2, 0.25) is 5.88 Å². The zero-order valence-electron chi connectivity index (χ0n) is 12.0. The van der Waals surface area contributed by atoms with E-state index in [0.717, 1.165) is 21.3 Å². The highest BCUT2D eigenvalue weighted by molar-refractivity contribution is 7.25. The van der Waals surface area contributed by atoms with Crippen LogP contribution in [0.2, 0.25) is 5.02 Å². The lowest BCUT2D eigenvalue weighted by Gasteiger charge is -2.06. The fraction of sp³-hybridized carbons (Fsp3) is 0.0625. The largest absolute Gasteiger partial charge is 0.480 e. The molecule has 5 nitrogen and oxygen atoms in total. The smallest absolute Gasteiger partial charge is 0.273 e. The summed E-state index contributed by atoms with van der Waals surface area (Å²) in [6, 6.07) is 9.02. The summed E-state index contributed by atoms with van der Waals surface area (Å²) in [5.41, 5.74) is 0.659. The number of aromatic nitrogens is 3. The Morgan fingerprint density at radius 2 is 1.96 bits per heavy atom. The molecule has 0 aliphatic heterocycles. The van der Waals surface area contributed by atoms with E-state index in [9.17, 15) is 4.79 Å². The number of nitrogens with zero attached hydrogens (tertiary/aromatic N) is 3. The standard InChI is InChI=1S/C16H10ClN3O2S/c1-22-14-12-11-6-7-20(10-4-2-9(17)3-5-10)16(21)13(11)23-15(12)19-8-18-14/h2-8H,1H3. The van der Waals surface area contributed by atoms with Crippen molar-refractivity contribution < 1.29 is 4.74 Å². The van der Waals surface area contributed by atoms with Gasteiger partial charge in [-0.2, -0.15) is 0 Å². The first kappa shape index (κ1) is 14.2. The van der Waals surface area contributed by atoms with Crippen LogP contribution in [-0.2, 0) is 0 Å². The third-order valence-corrected chi connectivity index (χ3v) is 4.95. The highest BCUT2D eigenvalue weighted by Crippen LogP contribution is 2.35. The van der Waals surface area contributed by atoms with Gasteiger partial charge >= 0.3 is 0 Å². The lowest BCUT2D eigenvalue weighted by Crippen LogP contribution is -2.16. The van der Waals surface area contributed by atoms with Crippen LogP contribution in [0, 0.1) is 0 Å². The molecule has 0 fully saturated rings. The Labute approximate surface area is 139 Å². The molecule has 0 bridgehead atoms. The van der Waals surface area contributed by atoms with E-state index >= 15 is 0 Å². The van der Waals surface area contributed by atoms with Gasteiger partial charge in [0, 0.05) is 22.3 Å². The first-order valence-corrected chi connectivity index (χ1v) is 7.97. The first-order valence-electron chi connectivity index (χ1n) is 6.78. The van der Waals surface area contributed by atoms with E-state index in [-0.39, 0.29) is 5.56 Å². The molecule has 0 unspecified atom stereocenters. The van der Waals surface area contributed by atoms with Crippen LogP contribution in [0.1, 0.15) is 0 Å². The predicted octanol–water partition coefficient (Wildman–Crippen LogP) is 3.66.